The molecular formula is C25H28N2O3S. The molecule has 0 aromatic heterocycles. The Morgan fingerprint density at radius 3 is 2.13 bits per heavy atom. The lowest BCUT2D eigenvalue weighted by molar-refractivity contribution is -0.114. The lowest BCUT2D eigenvalue weighted by atomic mass is 9.98. The van der Waals surface area contributed by atoms with Gasteiger partial charge in [0.15, 0.2) is 0 Å². The molecule has 1 amide bonds. The minimum absolute atomic E-state index is 0.143. The van der Waals surface area contributed by atoms with E-state index in [1.165, 1.54) is 16.4 Å². The number of aryl methyl sites for hydroxylation is 2. The summed E-state index contributed by atoms with van der Waals surface area (Å²) in [7, 11) is -3.93. The Bertz CT molecular complexity index is 1170. The summed E-state index contributed by atoms with van der Waals surface area (Å²) in [6, 6.07) is 21.2. The van der Waals surface area contributed by atoms with Gasteiger partial charge in [0.05, 0.1) is 10.6 Å². The summed E-state index contributed by atoms with van der Waals surface area (Å²) in [6.07, 6.45) is 0. The second-order valence-electron chi connectivity index (χ2n) is 7.85. The summed E-state index contributed by atoms with van der Waals surface area (Å²) in [4.78, 5) is 13.2. The van der Waals surface area contributed by atoms with E-state index in [1.807, 2.05) is 44.2 Å². The van der Waals surface area contributed by atoms with Gasteiger partial charge in [0, 0.05) is 5.69 Å². The van der Waals surface area contributed by atoms with Crippen molar-refractivity contribution in [2.24, 2.45) is 0 Å². The fraction of sp³-hybridized carbons (Fsp3) is 0.240. The Hall–Kier alpha value is -3.12. The zero-order valence-electron chi connectivity index (χ0n) is 18.3. The first kappa shape index (κ1) is 22.6. The molecule has 31 heavy (non-hydrogen) atoms. The van der Waals surface area contributed by atoms with Gasteiger partial charge in [-0.25, -0.2) is 8.42 Å². The van der Waals surface area contributed by atoms with Crippen LogP contribution >= 0.6 is 0 Å². The van der Waals surface area contributed by atoms with Crippen LogP contribution in [0.15, 0.2) is 77.7 Å². The molecule has 0 saturated heterocycles. The van der Waals surface area contributed by atoms with E-state index in [-0.39, 0.29) is 23.3 Å². The molecule has 6 heteroatoms. The third-order valence-corrected chi connectivity index (χ3v) is 6.97. The van der Waals surface area contributed by atoms with Crippen LogP contribution in [0.3, 0.4) is 0 Å². The van der Waals surface area contributed by atoms with Crippen molar-refractivity contribution in [1.29, 1.82) is 0 Å². The third-order valence-electron chi connectivity index (χ3n) is 5.19. The van der Waals surface area contributed by atoms with Crippen molar-refractivity contribution in [1.82, 2.24) is 0 Å². The molecule has 3 aromatic carbocycles. The van der Waals surface area contributed by atoms with E-state index in [0.717, 1.165) is 22.4 Å². The number of hydrogen-bond donors (Lipinski definition) is 1. The van der Waals surface area contributed by atoms with E-state index < -0.39 is 10.0 Å². The zero-order chi connectivity index (χ0) is 22.6. The molecular weight excluding hydrogens is 408 g/mol. The van der Waals surface area contributed by atoms with E-state index in [1.54, 1.807) is 30.3 Å². The largest absolute Gasteiger partial charge is 0.324 e. The molecule has 0 radical (unpaired) electrons. The predicted octanol–water partition coefficient (Wildman–Crippen LogP) is 5.26. The highest BCUT2D eigenvalue weighted by Crippen LogP contribution is 2.29. The van der Waals surface area contributed by atoms with Gasteiger partial charge in [-0.3, -0.25) is 9.10 Å². The molecule has 3 rings (SSSR count). The lowest BCUT2D eigenvalue weighted by Gasteiger charge is -2.26. The normalized spacial score (nSPS) is 11.4. The highest BCUT2D eigenvalue weighted by Gasteiger charge is 2.28. The van der Waals surface area contributed by atoms with Crippen LogP contribution in [-0.4, -0.2) is 20.9 Å². The number of sulfonamides is 1. The number of nitrogens with one attached hydrogen (secondary N) is 1. The number of carbonyl (C=O) groups is 1. The van der Waals surface area contributed by atoms with Crippen LogP contribution in [0.25, 0.3) is 0 Å². The highest BCUT2D eigenvalue weighted by molar-refractivity contribution is 7.92. The van der Waals surface area contributed by atoms with Gasteiger partial charge in [-0.2, -0.15) is 0 Å². The van der Waals surface area contributed by atoms with Crippen LogP contribution in [0.4, 0.5) is 11.4 Å². The number of nitrogens with zero attached hydrogens (tertiary/aromatic N) is 1. The standard InChI is InChI=1S/C25H28N2O3S/c1-18(2)22-15-10-12-20(4)25(22)26-24(28)17-27(23-16-9-8-11-19(23)3)31(29,30)21-13-6-5-7-14-21/h5-16,18H,17H2,1-4H3,(H,26,28). The Labute approximate surface area is 184 Å². The van der Waals surface area contributed by atoms with E-state index in [9.17, 15) is 13.2 Å². The molecule has 162 valence electrons. The Balaban J connectivity index is 1.99. The third kappa shape index (κ3) is 4.97. The highest BCUT2D eigenvalue weighted by atomic mass is 32.2. The van der Waals surface area contributed by atoms with E-state index >= 15 is 0 Å². The molecule has 0 spiro atoms. The Morgan fingerprint density at radius 2 is 1.48 bits per heavy atom. The number of hydrogen-bond acceptors (Lipinski definition) is 3. The summed E-state index contributed by atoms with van der Waals surface area (Å²) in [6.45, 7) is 7.56. The maximum Gasteiger partial charge on any atom is 0.264 e. The number of para-hydroxylation sites is 2. The SMILES string of the molecule is Cc1ccccc1N(CC(=O)Nc1c(C)cccc1C(C)C)S(=O)(=O)c1ccccc1. The summed E-state index contributed by atoms with van der Waals surface area (Å²) >= 11 is 0. The molecule has 0 unspecified atom stereocenters. The first-order valence-electron chi connectivity index (χ1n) is 10.2. The smallest absolute Gasteiger partial charge is 0.264 e. The molecule has 3 aromatic rings. The summed E-state index contributed by atoms with van der Waals surface area (Å²) in [5.74, 6) is -0.172. The molecule has 0 aliphatic heterocycles. The van der Waals surface area contributed by atoms with Gasteiger partial charge in [-0.1, -0.05) is 68.4 Å². The van der Waals surface area contributed by atoms with Crippen molar-refractivity contribution in [2.75, 3.05) is 16.2 Å². The molecule has 0 fully saturated rings. The molecule has 0 heterocycles. The van der Waals surface area contributed by atoms with Gasteiger partial charge >= 0.3 is 0 Å². The molecule has 0 saturated carbocycles. The van der Waals surface area contributed by atoms with Crippen molar-refractivity contribution >= 4 is 27.3 Å². The zero-order valence-corrected chi connectivity index (χ0v) is 19.1. The minimum atomic E-state index is -3.93. The van der Waals surface area contributed by atoms with Crippen LogP contribution in [0, 0.1) is 13.8 Å². The summed E-state index contributed by atoms with van der Waals surface area (Å²) < 4.78 is 28.1. The van der Waals surface area contributed by atoms with E-state index in [4.69, 9.17) is 0 Å². The quantitative estimate of drug-likeness (QED) is 0.549. The monoisotopic (exact) mass is 436 g/mol. The van der Waals surface area contributed by atoms with Crippen LogP contribution in [0.1, 0.15) is 36.5 Å². The van der Waals surface area contributed by atoms with Gasteiger partial charge in [0.25, 0.3) is 10.0 Å². The van der Waals surface area contributed by atoms with Crippen LogP contribution in [0.5, 0.6) is 0 Å². The average Bonchev–Trinajstić information content (AvgIpc) is 2.74. The van der Waals surface area contributed by atoms with E-state index in [0.29, 0.717) is 5.69 Å². The topological polar surface area (TPSA) is 66.5 Å². The summed E-state index contributed by atoms with van der Waals surface area (Å²) in [5.41, 5.74) is 3.95. The van der Waals surface area contributed by atoms with Gasteiger partial charge in [0.1, 0.15) is 6.54 Å². The van der Waals surface area contributed by atoms with Gasteiger partial charge in [-0.15, -0.1) is 0 Å². The van der Waals surface area contributed by atoms with Gasteiger partial charge in [0.2, 0.25) is 5.91 Å². The number of anilines is 2. The Morgan fingerprint density at radius 1 is 0.871 bits per heavy atom. The van der Waals surface area contributed by atoms with Crippen molar-refractivity contribution in [3.8, 4) is 0 Å². The second-order valence-corrected chi connectivity index (χ2v) is 9.72. The van der Waals surface area contributed by atoms with Crippen molar-refractivity contribution in [3.05, 3.63) is 89.5 Å². The lowest BCUT2D eigenvalue weighted by Crippen LogP contribution is -2.38. The first-order chi connectivity index (χ1) is 14.7. The maximum atomic E-state index is 13.5. The molecule has 0 atom stereocenters. The van der Waals surface area contributed by atoms with Crippen LogP contribution < -0.4 is 9.62 Å². The molecule has 1 N–H and O–H groups in total. The van der Waals surface area contributed by atoms with Crippen molar-refractivity contribution in [3.63, 3.8) is 0 Å². The molecule has 0 bridgehead atoms. The first-order valence-corrected chi connectivity index (χ1v) is 11.7. The Kier molecular flexibility index (Phi) is 6.81. The number of carbonyl (C=O) groups excluding carboxylic acids is 1. The molecule has 0 aliphatic rings. The van der Waals surface area contributed by atoms with Gasteiger partial charge < -0.3 is 5.32 Å². The molecule has 5 nitrogen and oxygen atoms in total. The maximum absolute atomic E-state index is 13.5. The number of amides is 1. The molecule has 0 aliphatic carbocycles. The fourth-order valence-electron chi connectivity index (χ4n) is 3.51. The average molecular weight is 437 g/mol. The van der Waals surface area contributed by atoms with Crippen molar-refractivity contribution < 1.29 is 13.2 Å². The fourth-order valence-corrected chi connectivity index (χ4v) is 5.02. The minimum Gasteiger partial charge on any atom is -0.324 e. The van der Waals surface area contributed by atoms with Gasteiger partial charge in [-0.05, 0) is 54.7 Å². The van der Waals surface area contributed by atoms with Crippen LogP contribution in [-0.2, 0) is 14.8 Å². The number of rotatable bonds is 7. The summed E-state index contributed by atoms with van der Waals surface area (Å²) in [5, 5.41) is 2.96. The number of benzene rings is 3. The van der Waals surface area contributed by atoms with Crippen LogP contribution in [0.2, 0.25) is 0 Å². The predicted molar refractivity (Wildman–Crippen MR) is 126 cm³/mol. The van der Waals surface area contributed by atoms with Crippen molar-refractivity contribution in [2.45, 2.75) is 38.5 Å². The second kappa shape index (κ2) is 9.35. The van der Waals surface area contributed by atoms with E-state index in [2.05, 4.69) is 19.2 Å².